The molecular formula is C15H18F3N3O4S. The van der Waals surface area contributed by atoms with Crippen LogP contribution in [0.2, 0.25) is 0 Å². The van der Waals surface area contributed by atoms with E-state index in [9.17, 15) is 31.7 Å². The van der Waals surface area contributed by atoms with Gasteiger partial charge >= 0.3 is 5.51 Å². The second-order valence-corrected chi connectivity index (χ2v) is 8.43. The Morgan fingerprint density at radius 2 is 1.81 bits per heavy atom. The normalized spacial score (nSPS) is 22.1. The van der Waals surface area contributed by atoms with Crippen LogP contribution in [0.5, 0.6) is 0 Å². The number of anilines is 1. The molecule has 3 rings (SSSR count). The Morgan fingerprint density at radius 3 is 2.38 bits per heavy atom. The van der Waals surface area contributed by atoms with Crippen LogP contribution in [0.1, 0.15) is 19.3 Å². The van der Waals surface area contributed by atoms with Crippen molar-refractivity contribution in [2.75, 3.05) is 31.1 Å². The summed E-state index contributed by atoms with van der Waals surface area (Å²) in [5, 5.41) is 11.3. The number of nitro groups is 1. The van der Waals surface area contributed by atoms with Gasteiger partial charge in [0.15, 0.2) is 0 Å². The molecule has 0 aromatic heterocycles. The zero-order valence-corrected chi connectivity index (χ0v) is 14.6. The van der Waals surface area contributed by atoms with Gasteiger partial charge in [-0.15, -0.1) is 0 Å². The van der Waals surface area contributed by atoms with Crippen LogP contribution in [0.15, 0.2) is 23.1 Å². The summed E-state index contributed by atoms with van der Waals surface area (Å²) in [6, 6.07) is 2.63. The number of likely N-dealkylation sites (tertiary alicyclic amines) is 1. The molecule has 2 aliphatic heterocycles. The van der Waals surface area contributed by atoms with Crippen molar-refractivity contribution < 1.29 is 26.5 Å². The van der Waals surface area contributed by atoms with E-state index >= 15 is 0 Å². The Balaban J connectivity index is 1.90. The van der Waals surface area contributed by atoms with E-state index in [-0.39, 0.29) is 11.7 Å². The molecule has 2 heterocycles. The number of alkyl halides is 3. The molecular weight excluding hydrogens is 375 g/mol. The molecule has 0 amide bonds. The van der Waals surface area contributed by atoms with Crippen LogP contribution in [0.25, 0.3) is 0 Å². The molecule has 0 spiro atoms. The molecule has 144 valence electrons. The molecule has 0 bridgehead atoms. The lowest BCUT2D eigenvalue weighted by molar-refractivity contribution is -0.384. The third-order valence-electron chi connectivity index (χ3n) is 4.92. The summed E-state index contributed by atoms with van der Waals surface area (Å²) in [5.41, 5.74) is -5.98. The Hall–Kier alpha value is -1.88. The zero-order valence-electron chi connectivity index (χ0n) is 13.8. The smallest absolute Gasteiger partial charge is 0.364 e. The lowest BCUT2D eigenvalue weighted by atomic mass is 10.2. The van der Waals surface area contributed by atoms with Crippen molar-refractivity contribution in [1.82, 2.24) is 4.90 Å². The zero-order chi connectivity index (χ0) is 19.1. The first-order valence-electron chi connectivity index (χ1n) is 8.20. The molecule has 2 fully saturated rings. The van der Waals surface area contributed by atoms with Crippen molar-refractivity contribution in [1.29, 1.82) is 0 Å². The molecule has 2 aliphatic rings. The van der Waals surface area contributed by atoms with Crippen LogP contribution in [0.3, 0.4) is 0 Å². The second kappa shape index (κ2) is 6.69. The standard InChI is InChI=1S/C15H18F3N3O4S/c16-15(17,18)26(24,25)12-3-4-13(14(9-12)21(22)23)20-8-5-11(10-20)19-6-1-2-7-19/h3-4,9,11H,1-2,5-8,10H2. The monoisotopic (exact) mass is 393 g/mol. The number of hydrogen-bond donors (Lipinski definition) is 0. The molecule has 26 heavy (non-hydrogen) atoms. The van der Waals surface area contributed by atoms with E-state index in [1.165, 1.54) is 0 Å². The molecule has 11 heteroatoms. The van der Waals surface area contributed by atoms with Crippen molar-refractivity contribution in [3.8, 4) is 0 Å². The number of nitrogens with zero attached hydrogens (tertiary/aromatic N) is 3. The third kappa shape index (κ3) is 3.37. The number of benzene rings is 1. The minimum absolute atomic E-state index is 0.151. The maximum atomic E-state index is 12.7. The highest BCUT2D eigenvalue weighted by molar-refractivity contribution is 7.92. The van der Waals surface area contributed by atoms with Gasteiger partial charge in [0.1, 0.15) is 5.69 Å². The van der Waals surface area contributed by atoms with Crippen molar-refractivity contribution >= 4 is 21.2 Å². The highest BCUT2D eigenvalue weighted by Crippen LogP contribution is 2.37. The van der Waals surface area contributed by atoms with E-state index in [0.717, 1.165) is 44.5 Å². The molecule has 0 saturated carbocycles. The minimum Gasteiger partial charge on any atom is -0.364 e. The molecule has 7 nitrogen and oxygen atoms in total. The van der Waals surface area contributed by atoms with Crippen LogP contribution >= 0.6 is 0 Å². The largest absolute Gasteiger partial charge is 0.501 e. The number of hydrogen-bond acceptors (Lipinski definition) is 6. The van der Waals surface area contributed by atoms with Gasteiger partial charge in [-0.1, -0.05) is 0 Å². The summed E-state index contributed by atoms with van der Waals surface area (Å²) in [6.45, 7) is 3.02. The fraction of sp³-hybridized carbons (Fsp3) is 0.600. The fourth-order valence-corrected chi connectivity index (χ4v) is 4.36. The average molecular weight is 393 g/mol. The Morgan fingerprint density at radius 1 is 1.15 bits per heavy atom. The average Bonchev–Trinajstić information content (AvgIpc) is 3.24. The van der Waals surface area contributed by atoms with E-state index < -0.39 is 30.9 Å². The molecule has 0 radical (unpaired) electrons. The van der Waals surface area contributed by atoms with Crippen LogP contribution in [-0.2, 0) is 9.84 Å². The predicted molar refractivity (Wildman–Crippen MR) is 87.8 cm³/mol. The van der Waals surface area contributed by atoms with E-state index in [1.807, 2.05) is 0 Å². The van der Waals surface area contributed by atoms with E-state index in [4.69, 9.17) is 0 Å². The number of halogens is 3. The van der Waals surface area contributed by atoms with Crippen LogP contribution in [-0.4, -0.2) is 56.0 Å². The van der Waals surface area contributed by atoms with Gasteiger partial charge in [0.2, 0.25) is 0 Å². The highest BCUT2D eigenvalue weighted by atomic mass is 32.2. The maximum absolute atomic E-state index is 12.7. The number of rotatable bonds is 4. The Labute approximate surface area is 148 Å². The summed E-state index contributed by atoms with van der Waals surface area (Å²) in [7, 11) is -5.63. The highest BCUT2D eigenvalue weighted by Gasteiger charge is 2.47. The number of sulfone groups is 1. The van der Waals surface area contributed by atoms with Gasteiger partial charge in [-0.2, -0.15) is 13.2 Å². The molecule has 1 aromatic carbocycles. The van der Waals surface area contributed by atoms with Gasteiger partial charge in [-0.05, 0) is 44.5 Å². The lowest BCUT2D eigenvalue weighted by Gasteiger charge is -2.24. The Bertz CT molecular complexity index is 807. The van der Waals surface area contributed by atoms with Gasteiger partial charge in [0.05, 0.1) is 9.82 Å². The first kappa shape index (κ1) is 18.9. The van der Waals surface area contributed by atoms with Crippen LogP contribution < -0.4 is 4.90 Å². The molecule has 0 aliphatic carbocycles. The van der Waals surface area contributed by atoms with Crippen molar-refractivity contribution in [3.63, 3.8) is 0 Å². The van der Waals surface area contributed by atoms with Crippen molar-refractivity contribution in [3.05, 3.63) is 28.3 Å². The van der Waals surface area contributed by atoms with Crippen molar-refractivity contribution in [2.45, 2.75) is 35.7 Å². The van der Waals surface area contributed by atoms with Crippen LogP contribution in [0, 0.1) is 10.1 Å². The molecule has 1 unspecified atom stereocenters. The topological polar surface area (TPSA) is 83.8 Å². The molecule has 2 saturated heterocycles. The third-order valence-corrected chi connectivity index (χ3v) is 6.40. The summed E-state index contributed by atoms with van der Waals surface area (Å²) < 4.78 is 61.1. The van der Waals surface area contributed by atoms with Gasteiger partial charge in [-0.25, -0.2) is 8.42 Å². The van der Waals surface area contributed by atoms with Gasteiger partial charge in [0.25, 0.3) is 15.5 Å². The molecule has 1 aromatic rings. The summed E-state index contributed by atoms with van der Waals surface area (Å²) in [5.74, 6) is 0. The van der Waals surface area contributed by atoms with Gasteiger partial charge < -0.3 is 4.90 Å². The summed E-state index contributed by atoms with van der Waals surface area (Å²) in [4.78, 5) is 13.4. The van der Waals surface area contributed by atoms with E-state index in [0.29, 0.717) is 19.2 Å². The summed E-state index contributed by atoms with van der Waals surface area (Å²) >= 11 is 0. The lowest BCUT2D eigenvalue weighted by Crippen LogP contribution is -2.35. The SMILES string of the molecule is O=[N+]([O-])c1cc(S(=O)(=O)C(F)(F)F)ccc1N1CCC(N2CCCC2)C1. The van der Waals surface area contributed by atoms with Crippen LogP contribution in [0.4, 0.5) is 24.5 Å². The second-order valence-electron chi connectivity index (χ2n) is 6.49. The Kier molecular flexibility index (Phi) is 4.86. The van der Waals surface area contributed by atoms with Crippen molar-refractivity contribution in [2.24, 2.45) is 0 Å². The fourth-order valence-electron chi connectivity index (χ4n) is 3.58. The first-order chi connectivity index (χ1) is 12.1. The van der Waals surface area contributed by atoms with E-state index in [2.05, 4.69) is 4.90 Å². The molecule has 0 N–H and O–H groups in total. The minimum atomic E-state index is -5.63. The predicted octanol–water partition coefficient (Wildman–Crippen LogP) is 2.56. The quantitative estimate of drug-likeness (QED) is 0.578. The summed E-state index contributed by atoms with van der Waals surface area (Å²) in [6.07, 6.45) is 3.03. The molecule has 1 atom stereocenters. The van der Waals surface area contributed by atoms with Gasteiger partial charge in [0, 0.05) is 25.2 Å². The first-order valence-corrected chi connectivity index (χ1v) is 9.68. The maximum Gasteiger partial charge on any atom is 0.501 e. The van der Waals surface area contributed by atoms with E-state index in [1.54, 1.807) is 4.90 Å². The number of nitro benzene ring substituents is 1. The van der Waals surface area contributed by atoms with Gasteiger partial charge in [-0.3, -0.25) is 15.0 Å².